The molecule has 0 spiro atoms. The molecule has 128 valence electrons. The van der Waals surface area contributed by atoms with Gasteiger partial charge in [-0.2, -0.15) is 0 Å². The molecule has 0 unspecified atom stereocenters. The van der Waals surface area contributed by atoms with Crippen LogP contribution in [0.25, 0.3) is 0 Å². The van der Waals surface area contributed by atoms with E-state index in [2.05, 4.69) is 15.6 Å². The smallest absolute Gasteiger partial charge is 0.315 e. The maximum Gasteiger partial charge on any atom is 0.315 e. The van der Waals surface area contributed by atoms with Crippen LogP contribution in [-0.4, -0.2) is 37.3 Å². The number of benzene rings is 1. The number of phenolic OH excluding ortho intramolecular Hbond substituents is 1. The van der Waals surface area contributed by atoms with Gasteiger partial charge in [-0.3, -0.25) is 0 Å². The molecule has 0 aliphatic carbocycles. The number of rotatable bonds is 6. The molecule has 1 heterocycles. The van der Waals surface area contributed by atoms with Crippen LogP contribution in [0.4, 0.5) is 10.6 Å². The molecular weight excluding hydrogens is 308 g/mol. The highest BCUT2D eigenvalue weighted by Gasteiger charge is 2.05. The third kappa shape index (κ3) is 4.77. The van der Waals surface area contributed by atoms with E-state index in [0.717, 1.165) is 16.9 Å². The molecule has 3 N–H and O–H groups in total. The van der Waals surface area contributed by atoms with Gasteiger partial charge >= 0.3 is 6.03 Å². The monoisotopic (exact) mass is 330 g/mol. The van der Waals surface area contributed by atoms with E-state index in [1.54, 1.807) is 24.4 Å². The maximum absolute atomic E-state index is 11.8. The summed E-state index contributed by atoms with van der Waals surface area (Å²) in [6.07, 6.45) is 1.73. The molecule has 2 aromatic rings. The number of pyridine rings is 1. The first-order chi connectivity index (χ1) is 11.5. The third-order valence-corrected chi connectivity index (χ3v) is 3.42. The molecular formula is C17H22N4O3. The lowest BCUT2D eigenvalue weighted by Gasteiger charge is -2.12. The van der Waals surface area contributed by atoms with Gasteiger partial charge in [0.25, 0.3) is 0 Å². The van der Waals surface area contributed by atoms with E-state index in [1.807, 2.05) is 31.1 Å². The number of anilines is 1. The molecule has 7 nitrogen and oxygen atoms in total. The summed E-state index contributed by atoms with van der Waals surface area (Å²) in [6.45, 7) is 0.696. The molecule has 0 bridgehead atoms. The number of methoxy groups -OCH3 is 1. The van der Waals surface area contributed by atoms with Crippen LogP contribution in [0.1, 0.15) is 11.1 Å². The van der Waals surface area contributed by atoms with Gasteiger partial charge in [0.1, 0.15) is 5.82 Å². The Morgan fingerprint density at radius 3 is 2.38 bits per heavy atom. The molecule has 0 atom stereocenters. The average molecular weight is 330 g/mol. The summed E-state index contributed by atoms with van der Waals surface area (Å²) < 4.78 is 4.98. The fourth-order valence-electron chi connectivity index (χ4n) is 2.06. The molecule has 7 heteroatoms. The van der Waals surface area contributed by atoms with E-state index in [-0.39, 0.29) is 11.8 Å². The lowest BCUT2D eigenvalue weighted by Crippen LogP contribution is -2.34. The van der Waals surface area contributed by atoms with Crippen molar-refractivity contribution in [1.29, 1.82) is 0 Å². The SMILES string of the molecule is COc1ccc(CNC(=O)NCc2ccc(N(C)C)nc2)cc1O. The third-order valence-electron chi connectivity index (χ3n) is 3.42. The minimum absolute atomic E-state index is 0.0456. The van der Waals surface area contributed by atoms with Crippen molar-refractivity contribution in [3.05, 3.63) is 47.7 Å². The molecule has 2 amide bonds. The number of hydrogen-bond acceptors (Lipinski definition) is 5. The van der Waals surface area contributed by atoms with Crippen molar-refractivity contribution in [1.82, 2.24) is 15.6 Å². The van der Waals surface area contributed by atoms with Crippen molar-refractivity contribution in [2.75, 3.05) is 26.1 Å². The molecule has 2 rings (SSSR count). The first-order valence-corrected chi connectivity index (χ1v) is 7.49. The Morgan fingerprint density at radius 2 is 1.83 bits per heavy atom. The first kappa shape index (κ1) is 17.4. The Labute approximate surface area is 141 Å². The second kappa shape index (κ2) is 8.05. The lowest BCUT2D eigenvalue weighted by atomic mass is 10.2. The predicted molar refractivity (Wildman–Crippen MR) is 92.3 cm³/mol. The van der Waals surface area contributed by atoms with E-state index >= 15 is 0 Å². The van der Waals surface area contributed by atoms with Crippen LogP contribution in [0.5, 0.6) is 11.5 Å². The Hall–Kier alpha value is -2.96. The molecule has 1 aromatic heterocycles. The molecule has 0 aliphatic rings. The number of urea groups is 1. The summed E-state index contributed by atoms with van der Waals surface area (Å²) in [5, 5.41) is 15.2. The molecule has 0 saturated carbocycles. The molecule has 0 radical (unpaired) electrons. The van der Waals surface area contributed by atoms with Crippen molar-refractivity contribution in [2.45, 2.75) is 13.1 Å². The summed E-state index contributed by atoms with van der Waals surface area (Å²) in [4.78, 5) is 18.0. The molecule has 0 saturated heterocycles. The highest BCUT2D eigenvalue weighted by molar-refractivity contribution is 5.73. The van der Waals surface area contributed by atoms with Gasteiger partial charge in [-0.25, -0.2) is 9.78 Å². The fraction of sp³-hybridized carbons (Fsp3) is 0.294. The number of amides is 2. The fourth-order valence-corrected chi connectivity index (χ4v) is 2.06. The number of aromatic nitrogens is 1. The van der Waals surface area contributed by atoms with Crippen LogP contribution in [0.2, 0.25) is 0 Å². The summed E-state index contributed by atoms with van der Waals surface area (Å²) in [5.74, 6) is 1.31. The van der Waals surface area contributed by atoms with Crippen molar-refractivity contribution < 1.29 is 14.6 Å². The minimum Gasteiger partial charge on any atom is -0.504 e. The number of carbonyl (C=O) groups excluding carboxylic acids is 1. The number of phenols is 1. The Balaban J connectivity index is 1.80. The normalized spacial score (nSPS) is 10.1. The zero-order valence-corrected chi connectivity index (χ0v) is 14.0. The van der Waals surface area contributed by atoms with Crippen molar-refractivity contribution >= 4 is 11.8 Å². The van der Waals surface area contributed by atoms with E-state index in [0.29, 0.717) is 18.8 Å². The topological polar surface area (TPSA) is 86.7 Å². The van der Waals surface area contributed by atoms with Crippen LogP contribution in [0.3, 0.4) is 0 Å². The standard InChI is InChI=1S/C17H22N4O3/c1-21(2)16-7-5-13(10-18-16)11-20-17(23)19-9-12-4-6-15(24-3)14(22)8-12/h4-8,10,22H,9,11H2,1-3H3,(H2,19,20,23). The zero-order valence-electron chi connectivity index (χ0n) is 14.0. The largest absolute Gasteiger partial charge is 0.504 e. The highest BCUT2D eigenvalue weighted by atomic mass is 16.5. The van der Waals surface area contributed by atoms with Crippen LogP contribution >= 0.6 is 0 Å². The number of aromatic hydroxyl groups is 1. The summed E-state index contributed by atoms with van der Waals surface area (Å²) in [5.41, 5.74) is 1.69. The maximum atomic E-state index is 11.8. The van der Waals surface area contributed by atoms with Crippen molar-refractivity contribution in [2.24, 2.45) is 0 Å². The van der Waals surface area contributed by atoms with Gasteiger partial charge in [-0.15, -0.1) is 0 Å². The average Bonchev–Trinajstić information content (AvgIpc) is 2.58. The van der Waals surface area contributed by atoms with Crippen molar-refractivity contribution in [3.63, 3.8) is 0 Å². The summed E-state index contributed by atoms with van der Waals surface area (Å²) in [6, 6.07) is 8.52. The van der Waals surface area contributed by atoms with Crippen LogP contribution in [0, 0.1) is 0 Å². The van der Waals surface area contributed by atoms with E-state index in [9.17, 15) is 9.90 Å². The van der Waals surface area contributed by atoms with Gasteiger partial charge in [0.05, 0.1) is 7.11 Å². The Kier molecular flexibility index (Phi) is 5.83. The number of carbonyl (C=O) groups is 1. The van der Waals surface area contributed by atoms with Crippen molar-refractivity contribution in [3.8, 4) is 11.5 Å². The quantitative estimate of drug-likeness (QED) is 0.753. The van der Waals surface area contributed by atoms with Crippen LogP contribution in [-0.2, 0) is 13.1 Å². The van der Waals surface area contributed by atoms with Crippen LogP contribution < -0.4 is 20.3 Å². The number of hydrogen-bond donors (Lipinski definition) is 3. The van der Waals surface area contributed by atoms with E-state index in [1.165, 1.54) is 7.11 Å². The minimum atomic E-state index is -0.290. The van der Waals surface area contributed by atoms with Gasteiger partial charge < -0.3 is 25.4 Å². The van der Waals surface area contributed by atoms with Gasteiger partial charge in [-0.1, -0.05) is 12.1 Å². The molecule has 0 fully saturated rings. The Morgan fingerprint density at radius 1 is 1.17 bits per heavy atom. The molecule has 1 aromatic carbocycles. The van der Waals surface area contributed by atoms with Gasteiger partial charge in [0.15, 0.2) is 11.5 Å². The van der Waals surface area contributed by atoms with E-state index in [4.69, 9.17) is 4.74 Å². The summed E-state index contributed by atoms with van der Waals surface area (Å²) in [7, 11) is 5.33. The van der Waals surface area contributed by atoms with Crippen LogP contribution in [0.15, 0.2) is 36.5 Å². The summed E-state index contributed by atoms with van der Waals surface area (Å²) >= 11 is 0. The Bertz CT molecular complexity index is 687. The lowest BCUT2D eigenvalue weighted by molar-refractivity contribution is 0.240. The molecule has 24 heavy (non-hydrogen) atoms. The van der Waals surface area contributed by atoms with E-state index < -0.39 is 0 Å². The van der Waals surface area contributed by atoms with Gasteiger partial charge in [-0.05, 0) is 29.3 Å². The van der Waals surface area contributed by atoms with Gasteiger partial charge in [0, 0.05) is 33.4 Å². The molecule has 0 aliphatic heterocycles. The zero-order chi connectivity index (χ0) is 17.5. The highest BCUT2D eigenvalue weighted by Crippen LogP contribution is 2.25. The first-order valence-electron chi connectivity index (χ1n) is 7.49. The number of ether oxygens (including phenoxy) is 1. The van der Waals surface area contributed by atoms with Gasteiger partial charge in [0.2, 0.25) is 0 Å². The second-order valence-corrected chi connectivity index (χ2v) is 5.46. The predicted octanol–water partition coefficient (Wildman–Crippen LogP) is 1.86. The number of nitrogens with one attached hydrogen (secondary N) is 2. The number of nitrogens with zero attached hydrogens (tertiary/aromatic N) is 2. The second-order valence-electron chi connectivity index (χ2n) is 5.46.